The topological polar surface area (TPSA) is 78.9 Å². The summed E-state index contributed by atoms with van der Waals surface area (Å²) in [5.41, 5.74) is 0. The van der Waals surface area contributed by atoms with Crippen LogP contribution in [0.15, 0.2) is 72.9 Å². The van der Waals surface area contributed by atoms with E-state index in [1.165, 1.54) is 83.5 Å². The molecule has 0 fully saturated rings. The normalized spacial score (nSPS) is 12.7. The van der Waals surface area contributed by atoms with Crippen molar-refractivity contribution in [1.82, 2.24) is 0 Å². The monoisotopic (exact) mass is 823 g/mol. The molecule has 0 rings (SSSR count). The van der Waals surface area contributed by atoms with Gasteiger partial charge >= 0.3 is 17.9 Å². The van der Waals surface area contributed by atoms with Crippen molar-refractivity contribution in [2.75, 3.05) is 13.2 Å². The molecule has 0 aliphatic rings. The number of ether oxygens (including phenoxy) is 3. The van der Waals surface area contributed by atoms with Gasteiger partial charge in [0.05, 0.1) is 0 Å². The van der Waals surface area contributed by atoms with Gasteiger partial charge in [-0.1, -0.05) is 209 Å². The van der Waals surface area contributed by atoms with E-state index in [2.05, 4.69) is 93.7 Å². The van der Waals surface area contributed by atoms with Crippen molar-refractivity contribution in [1.29, 1.82) is 0 Å². The van der Waals surface area contributed by atoms with E-state index in [1.54, 1.807) is 0 Å². The zero-order valence-corrected chi connectivity index (χ0v) is 38.5. The van der Waals surface area contributed by atoms with Crippen LogP contribution in [0.2, 0.25) is 0 Å². The second-order valence-electron chi connectivity index (χ2n) is 16.0. The number of allylic oxidation sites excluding steroid dienone is 12. The predicted octanol–water partition coefficient (Wildman–Crippen LogP) is 15.9. The number of esters is 3. The molecule has 0 spiro atoms. The first kappa shape index (κ1) is 55.9. The number of rotatable bonds is 43. The summed E-state index contributed by atoms with van der Waals surface area (Å²) in [6.07, 6.45) is 59.2. The quantitative estimate of drug-likeness (QED) is 0.0264. The van der Waals surface area contributed by atoms with E-state index < -0.39 is 6.10 Å². The fourth-order valence-electron chi connectivity index (χ4n) is 6.56. The van der Waals surface area contributed by atoms with E-state index in [1.807, 2.05) is 0 Å². The summed E-state index contributed by atoms with van der Waals surface area (Å²) >= 11 is 0. The Hall–Kier alpha value is -3.15. The summed E-state index contributed by atoms with van der Waals surface area (Å²) in [5, 5.41) is 0. The van der Waals surface area contributed by atoms with Crippen molar-refractivity contribution < 1.29 is 28.6 Å². The minimum Gasteiger partial charge on any atom is -0.462 e. The first-order valence-corrected chi connectivity index (χ1v) is 24.4. The Labute approximate surface area is 363 Å². The summed E-state index contributed by atoms with van der Waals surface area (Å²) < 4.78 is 16.6. The maximum Gasteiger partial charge on any atom is 0.306 e. The van der Waals surface area contributed by atoms with E-state index in [0.717, 1.165) is 103 Å². The highest BCUT2D eigenvalue weighted by molar-refractivity contribution is 5.71. The Bertz CT molecular complexity index is 1130. The van der Waals surface area contributed by atoms with E-state index in [0.29, 0.717) is 19.3 Å². The number of unbranched alkanes of at least 4 members (excludes halogenated alkanes) is 20. The molecule has 59 heavy (non-hydrogen) atoms. The molecule has 0 aliphatic heterocycles. The molecule has 0 aromatic heterocycles. The van der Waals surface area contributed by atoms with Crippen LogP contribution in [-0.2, 0) is 28.6 Å². The van der Waals surface area contributed by atoms with Crippen LogP contribution in [0.5, 0.6) is 0 Å². The molecule has 0 amide bonds. The van der Waals surface area contributed by atoms with Crippen molar-refractivity contribution in [3.63, 3.8) is 0 Å². The fourth-order valence-corrected chi connectivity index (χ4v) is 6.56. The van der Waals surface area contributed by atoms with Crippen LogP contribution >= 0.6 is 0 Å². The summed E-state index contributed by atoms with van der Waals surface area (Å²) in [5.74, 6) is -0.902. The Morgan fingerprint density at radius 3 is 1.03 bits per heavy atom. The lowest BCUT2D eigenvalue weighted by Gasteiger charge is -2.18. The molecule has 0 saturated carbocycles. The van der Waals surface area contributed by atoms with Crippen molar-refractivity contribution in [2.24, 2.45) is 0 Å². The van der Waals surface area contributed by atoms with Crippen molar-refractivity contribution >= 4 is 17.9 Å². The highest BCUT2D eigenvalue weighted by atomic mass is 16.6. The van der Waals surface area contributed by atoms with Crippen LogP contribution in [0.1, 0.15) is 226 Å². The first-order valence-electron chi connectivity index (χ1n) is 24.4. The van der Waals surface area contributed by atoms with Gasteiger partial charge in [-0.15, -0.1) is 0 Å². The molecule has 0 heterocycles. The third-order valence-electron chi connectivity index (χ3n) is 10.2. The summed E-state index contributed by atoms with van der Waals surface area (Å²) in [7, 11) is 0. The van der Waals surface area contributed by atoms with Crippen LogP contribution in [0, 0.1) is 0 Å². The maximum atomic E-state index is 12.6. The lowest BCUT2D eigenvalue weighted by molar-refractivity contribution is -0.167. The molecule has 0 N–H and O–H groups in total. The van der Waals surface area contributed by atoms with Gasteiger partial charge in [0.25, 0.3) is 0 Å². The Morgan fingerprint density at radius 1 is 0.356 bits per heavy atom. The standard InChI is InChI=1S/C53H90O6/c1-4-7-10-13-16-17-18-19-20-21-22-23-24-25-26-27-28-29-30-31-32-33-34-35-38-40-43-46-52(55)58-49-50(59-53(56)47-44-41-37-15-12-9-6-3)48-57-51(54)45-42-39-36-14-11-8-5-2/h7,10,16-17,19-20,22-23,25-26,28-29,50H,4-6,8-9,11-15,18,21,24,27,30-49H2,1-3H3/b10-7-,17-16-,20-19-,23-22-,26-25-,29-28-. The van der Waals surface area contributed by atoms with Gasteiger partial charge in [-0.25, -0.2) is 0 Å². The molecule has 0 radical (unpaired) electrons. The van der Waals surface area contributed by atoms with Gasteiger partial charge in [0.1, 0.15) is 13.2 Å². The third-order valence-corrected chi connectivity index (χ3v) is 10.2. The highest BCUT2D eigenvalue weighted by Gasteiger charge is 2.19. The van der Waals surface area contributed by atoms with Gasteiger partial charge in [-0.2, -0.15) is 0 Å². The van der Waals surface area contributed by atoms with Crippen LogP contribution < -0.4 is 0 Å². The molecule has 0 aliphatic carbocycles. The molecule has 0 saturated heterocycles. The molecule has 0 aromatic carbocycles. The van der Waals surface area contributed by atoms with E-state index >= 15 is 0 Å². The molecule has 6 nitrogen and oxygen atoms in total. The lowest BCUT2D eigenvalue weighted by atomic mass is 10.1. The number of carbonyl (C=O) groups excluding carboxylic acids is 3. The molecule has 1 unspecified atom stereocenters. The van der Waals surface area contributed by atoms with Gasteiger partial charge in [-0.3, -0.25) is 14.4 Å². The highest BCUT2D eigenvalue weighted by Crippen LogP contribution is 2.14. The smallest absolute Gasteiger partial charge is 0.306 e. The summed E-state index contributed by atoms with van der Waals surface area (Å²) in [4.78, 5) is 37.5. The molecular formula is C53H90O6. The van der Waals surface area contributed by atoms with Gasteiger partial charge in [0, 0.05) is 19.3 Å². The van der Waals surface area contributed by atoms with Crippen LogP contribution in [0.3, 0.4) is 0 Å². The van der Waals surface area contributed by atoms with Crippen molar-refractivity contribution in [2.45, 2.75) is 232 Å². The molecule has 0 bridgehead atoms. The van der Waals surface area contributed by atoms with Crippen LogP contribution in [-0.4, -0.2) is 37.2 Å². The fraction of sp³-hybridized carbons (Fsp3) is 0.717. The Morgan fingerprint density at radius 2 is 0.661 bits per heavy atom. The van der Waals surface area contributed by atoms with Gasteiger partial charge in [0.2, 0.25) is 0 Å². The minimum atomic E-state index is -0.770. The van der Waals surface area contributed by atoms with E-state index in [9.17, 15) is 14.4 Å². The number of hydrogen-bond acceptors (Lipinski definition) is 6. The van der Waals surface area contributed by atoms with Gasteiger partial charge < -0.3 is 14.2 Å². The number of hydrogen-bond donors (Lipinski definition) is 0. The average molecular weight is 823 g/mol. The second kappa shape index (κ2) is 47.5. The maximum absolute atomic E-state index is 12.6. The van der Waals surface area contributed by atoms with Crippen LogP contribution in [0.4, 0.5) is 0 Å². The first-order chi connectivity index (χ1) is 29.0. The zero-order chi connectivity index (χ0) is 43.0. The van der Waals surface area contributed by atoms with Crippen LogP contribution in [0.25, 0.3) is 0 Å². The third kappa shape index (κ3) is 45.8. The van der Waals surface area contributed by atoms with Crippen molar-refractivity contribution in [3.05, 3.63) is 72.9 Å². The Balaban J connectivity index is 4.07. The molecule has 0 aromatic rings. The molecule has 1 atom stereocenters. The Kier molecular flexibility index (Phi) is 45.0. The largest absolute Gasteiger partial charge is 0.462 e. The molecular weight excluding hydrogens is 733 g/mol. The summed E-state index contributed by atoms with van der Waals surface area (Å²) in [6, 6.07) is 0. The number of carbonyl (C=O) groups is 3. The summed E-state index contributed by atoms with van der Waals surface area (Å²) in [6.45, 7) is 6.42. The lowest BCUT2D eigenvalue weighted by Crippen LogP contribution is -2.30. The van der Waals surface area contributed by atoms with E-state index in [-0.39, 0.29) is 31.1 Å². The van der Waals surface area contributed by atoms with Gasteiger partial charge in [-0.05, 0) is 70.6 Å². The second-order valence-corrected chi connectivity index (χ2v) is 16.0. The van der Waals surface area contributed by atoms with E-state index in [4.69, 9.17) is 14.2 Å². The predicted molar refractivity (Wildman–Crippen MR) is 251 cm³/mol. The SMILES string of the molecule is CC/C=C\C/C=C\C/C=C\C/C=C\C/C=C\C/C=C\CCCCCCCCCCC(=O)OCC(COC(=O)CCCCCCCCC)OC(=O)CCCCCCCCC. The van der Waals surface area contributed by atoms with Crippen molar-refractivity contribution in [3.8, 4) is 0 Å². The average Bonchev–Trinajstić information content (AvgIpc) is 3.23. The zero-order valence-electron chi connectivity index (χ0n) is 38.5. The molecule has 6 heteroatoms. The molecule has 338 valence electrons. The van der Waals surface area contributed by atoms with Gasteiger partial charge in [0.15, 0.2) is 6.10 Å². The minimum absolute atomic E-state index is 0.0766.